The number of carbonyl (C=O) groups excluding carboxylic acids is 1. The minimum atomic E-state index is -0.215. The third kappa shape index (κ3) is 4.14. The van der Waals surface area contributed by atoms with Crippen LogP contribution in [0.3, 0.4) is 0 Å². The monoisotopic (exact) mass is 321 g/mol. The van der Waals surface area contributed by atoms with Crippen LogP contribution in [-0.2, 0) is 11.3 Å². The Bertz CT molecular complexity index is 573. The lowest BCUT2D eigenvalue weighted by atomic mass is 9.87. The molecule has 1 amide bonds. The molecule has 0 aromatic carbocycles. The van der Waals surface area contributed by atoms with Crippen molar-refractivity contribution in [2.75, 3.05) is 6.54 Å². The minimum Gasteiger partial charge on any atom is -0.369 e. The highest BCUT2D eigenvalue weighted by Crippen LogP contribution is 2.41. The first kappa shape index (κ1) is 18.0. The predicted molar refractivity (Wildman–Crippen MR) is 91.5 cm³/mol. The molecule has 1 fully saturated rings. The molecule has 1 aromatic heterocycles. The molecule has 1 saturated heterocycles. The van der Waals surface area contributed by atoms with Crippen molar-refractivity contribution >= 4 is 5.91 Å². The summed E-state index contributed by atoms with van der Waals surface area (Å²) in [6.45, 7) is 16.1. The van der Waals surface area contributed by atoms with E-state index in [0.29, 0.717) is 23.9 Å². The van der Waals surface area contributed by atoms with Gasteiger partial charge in [0.15, 0.2) is 0 Å². The highest BCUT2D eigenvalue weighted by atomic mass is 16.5. The molecule has 0 spiro atoms. The number of hydrogen-bond acceptors (Lipinski definition) is 3. The van der Waals surface area contributed by atoms with Crippen LogP contribution in [0.5, 0.6) is 0 Å². The lowest BCUT2D eigenvalue weighted by molar-refractivity contribution is -0.0740. The second kappa shape index (κ2) is 6.27. The van der Waals surface area contributed by atoms with Crippen LogP contribution < -0.4 is 5.32 Å². The molecule has 1 N–H and O–H groups in total. The van der Waals surface area contributed by atoms with Gasteiger partial charge in [-0.05, 0) is 47.0 Å². The summed E-state index contributed by atoms with van der Waals surface area (Å²) < 4.78 is 8.00. The first-order valence-corrected chi connectivity index (χ1v) is 8.52. The van der Waals surface area contributed by atoms with Crippen molar-refractivity contribution in [1.29, 1.82) is 0 Å². The Morgan fingerprint density at radius 1 is 1.43 bits per heavy atom. The van der Waals surface area contributed by atoms with Gasteiger partial charge in [0.25, 0.3) is 5.91 Å². The van der Waals surface area contributed by atoms with Crippen LogP contribution in [0.2, 0.25) is 0 Å². The van der Waals surface area contributed by atoms with E-state index >= 15 is 0 Å². The molecule has 5 heteroatoms. The Balaban J connectivity index is 1.99. The Kier molecular flexibility index (Phi) is 4.90. The van der Waals surface area contributed by atoms with Gasteiger partial charge in [0.05, 0.1) is 23.0 Å². The third-order valence-corrected chi connectivity index (χ3v) is 4.66. The van der Waals surface area contributed by atoms with E-state index in [9.17, 15) is 4.79 Å². The fourth-order valence-electron chi connectivity index (χ4n) is 3.50. The Morgan fingerprint density at radius 2 is 2.09 bits per heavy atom. The van der Waals surface area contributed by atoms with Crippen LogP contribution in [0.25, 0.3) is 0 Å². The summed E-state index contributed by atoms with van der Waals surface area (Å²) >= 11 is 0. The number of hydrogen-bond donors (Lipinski definition) is 1. The first-order valence-electron chi connectivity index (χ1n) is 8.52. The number of aromatic nitrogens is 2. The average molecular weight is 321 g/mol. The van der Waals surface area contributed by atoms with Crippen LogP contribution in [0.1, 0.15) is 64.0 Å². The highest BCUT2D eigenvalue weighted by molar-refractivity contribution is 5.95. The summed E-state index contributed by atoms with van der Waals surface area (Å²) in [5, 5.41) is 7.41. The Labute approximate surface area is 139 Å². The summed E-state index contributed by atoms with van der Waals surface area (Å²) in [6, 6.07) is 0. The van der Waals surface area contributed by atoms with Crippen molar-refractivity contribution in [3.63, 3.8) is 0 Å². The highest BCUT2D eigenvalue weighted by Gasteiger charge is 2.45. The molecule has 0 aliphatic carbocycles. The fraction of sp³-hybridized carbons (Fsp3) is 0.778. The smallest absolute Gasteiger partial charge is 0.254 e. The lowest BCUT2D eigenvalue weighted by Gasteiger charge is -2.27. The zero-order valence-electron chi connectivity index (χ0n) is 15.6. The van der Waals surface area contributed by atoms with Crippen LogP contribution in [-0.4, -0.2) is 33.4 Å². The van der Waals surface area contributed by atoms with Crippen LogP contribution >= 0.6 is 0 Å². The van der Waals surface area contributed by atoms with Gasteiger partial charge in [-0.15, -0.1) is 0 Å². The quantitative estimate of drug-likeness (QED) is 0.906. The standard InChI is InChI=1S/C18H31N3O2/c1-12(2)11-21-13(3)15(10-20-21)16(22)19-9-14-8-17(4,5)23-18(14,6)7/h10,12,14H,8-9,11H2,1-7H3,(H,19,22). The maximum absolute atomic E-state index is 12.5. The van der Waals surface area contributed by atoms with E-state index < -0.39 is 0 Å². The molecule has 0 bridgehead atoms. The van der Waals surface area contributed by atoms with Crippen LogP contribution in [0.4, 0.5) is 0 Å². The molecule has 0 radical (unpaired) electrons. The van der Waals surface area contributed by atoms with E-state index in [2.05, 4.69) is 52.0 Å². The van der Waals surface area contributed by atoms with Crippen molar-refractivity contribution in [2.24, 2.45) is 11.8 Å². The maximum Gasteiger partial charge on any atom is 0.254 e. The Hall–Kier alpha value is -1.36. The lowest BCUT2D eigenvalue weighted by Crippen LogP contribution is -2.38. The largest absolute Gasteiger partial charge is 0.369 e. The van der Waals surface area contributed by atoms with Crippen LogP contribution in [0, 0.1) is 18.8 Å². The number of amides is 1. The van der Waals surface area contributed by atoms with E-state index in [1.807, 2.05) is 11.6 Å². The van der Waals surface area contributed by atoms with E-state index in [1.165, 1.54) is 0 Å². The predicted octanol–water partition coefficient (Wildman–Crippen LogP) is 3.17. The van der Waals surface area contributed by atoms with Crippen LogP contribution in [0.15, 0.2) is 6.20 Å². The second-order valence-electron chi connectivity index (χ2n) is 8.30. The normalized spacial score (nSPS) is 22.5. The summed E-state index contributed by atoms with van der Waals surface area (Å²) in [5.41, 5.74) is 1.25. The molecule has 2 rings (SSSR count). The van der Waals surface area contributed by atoms with Gasteiger partial charge in [0.2, 0.25) is 0 Å². The number of nitrogens with zero attached hydrogens (tertiary/aromatic N) is 2. The second-order valence-corrected chi connectivity index (χ2v) is 8.30. The molecular weight excluding hydrogens is 290 g/mol. The molecule has 130 valence electrons. The summed E-state index contributed by atoms with van der Waals surface area (Å²) in [4.78, 5) is 12.5. The van der Waals surface area contributed by atoms with Gasteiger partial charge in [-0.1, -0.05) is 13.8 Å². The summed E-state index contributed by atoms with van der Waals surface area (Å²) in [6.07, 6.45) is 2.62. The third-order valence-electron chi connectivity index (χ3n) is 4.66. The average Bonchev–Trinajstić information content (AvgIpc) is 2.83. The van der Waals surface area contributed by atoms with Gasteiger partial charge in [0, 0.05) is 24.7 Å². The minimum absolute atomic E-state index is 0.0435. The Morgan fingerprint density at radius 3 is 2.61 bits per heavy atom. The van der Waals surface area contributed by atoms with Crippen molar-refractivity contribution in [3.8, 4) is 0 Å². The van der Waals surface area contributed by atoms with Gasteiger partial charge >= 0.3 is 0 Å². The maximum atomic E-state index is 12.5. The van der Waals surface area contributed by atoms with Gasteiger partial charge in [-0.25, -0.2) is 0 Å². The first-order chi connectivity index (χ1) is 10.5. The molecule has 1 aliphatic rings. The molecule has 5 nitrogen and oxygen atoms in total. The molecule has 1 aromatic rings. The van der Waals surface area contributed by atoms with Crippen molar-refractivity contribution < 1.29 is 9.53 Å². The van der Waals surface area contributed by atoms with Crippen molar-refractivity contribution in [3.05, 3.63) is 17.5 Å². The van der Waals surface area contributed by atoms with Gasteiger partial charge in [-0.3, -0.25) is 9.48 Å². The number of rotatable bonds is 5. The molecule has 2 heterocycles. The molecule has 0 saturated carbocycles. The van der Waals surface area contributed by atoms with Crippen molar-refractivity contribution in [1.82, 2.24) is 15.1 Å². The van der Waals surface area contributed by atoms with Gasteiger partial charge < -0.3 is 10.1 Å². The molecule has 1 atom stereocenters. The van der Waals surface area contributed by atoms with Gasteiger partial charge in [0.1, 0.15) is 0 Å². The van der Waals surface area contributed by atoms with Gasteiger partial charge in [-0.2, -0.15) is 5.10 Å². The zero-order chi connectivity index (χ0) is 17.4. The van der Waals surface area contributed by atoms with E-state index in [0.717, 1.165) is 18.7 Å². The zero-order valence-corrected chi connectivity index (χ0v) is 15.6. The summed E-state index contributed by atoms with van der Waals surface area (Å²) in [7, 11) is 0. The topological polar surface area (TPSA) is 56.1 Å². The van der Waals surface area contributed by atoms with E-state index in [4.69, 9.17) is 4.74 Å². The molecule has 1 aliphatic heterocycles. The number of ether oxygens (including phenoxy) is 1. The molecule has 23 heavy (non-hydrogen) atoms. The summed E-state index contributed by atoms with van der Waals surface area (Å²) in [5.74, 6) is 0.772. The van der Waals surface area contributed by atoms with E-state index in [-0.39, 0.29) is 17.1 Å². The fourth-order valence-corrected chi connectivity index (χ4v) is 3.50. The number of nitrogens with one attached hydrogen (secondary N) is 1. The molecular formula is C18H31N3O2. The molecule has 1 unspecified atom stereocenters. The SMILES string of the molecule is Cc1c(C(=O)NCC2CC(C)(C)OC2(C)C)cnn1CC(C)C. The van der Waals surface area contributed by atoms with E-state index in [1.54, 1.807) is 6.20 Å². The van der Waals surface area contributed by atoms with Crippen molar-refractivity contribution in [2.45, 2.75) is 72.6 Å². The number of carbonyl (C=O) groups is 1.